The Morgan fingerprint density at radius 2 is 2.13 bits per heavy atom. The van der Waals surface area contributed by atoms with E-state index in [1.807, 2.05) is 6.08 Å². The second kappa shape index (κ2) is 3.69. The monoisotopic (exact) mass is 205 g/mol. The highest BCUT2D eigenvalue weighted by molar-refractivity contribution is 5.85. The normalized spacial score (nSPS) is 39.1. The van der Waals surface area contributed by atoms with Crippen LogP contribution in [-0.2, 0) is 4.79 Å². The second-order valence-electron chi connectivity index (χ2n) is 4.78. The number of carboxylic acids is 1. The van der Waals surface area contributed by atoms with Crippen molar-refractivity contribution in [2.45, 2.75) is 26.2 Å². The van der Waals surface area contributed by atoms with Crippen molar-refractivity contribution in [3.8, 4) is 6.07 Å². The van der Waals surface area contributed by atoms with E-state index < -0.39 is 5.97 Å². The van der Waals surface area contributed by atoms with Crippen LogP contribution in [0, 0.1) is 35.0 Å². The number of rotatable bonds is 2. The van der Waals surface area contributed by atoms with E-state index in [2.05, 4.69) is 6.07 Å². The van der Waals surface area contributed by atoms with E-state index in [4.69, 9.17) is 10.4 Å². The van der Waals surface area contributed by atoms with Crippen LogP contribution in [0.25, 0.3) is 0 Å². The van der Waals surface area contributed by atoms with Crippen molar-refractivity contribution >= 4 is 5.97 Å². The van der Waals surface area contributed by atoms with Crippen LogP contribution in [-0.4, -0.2) is 11.1 Å². The molecule has 0 amide bonds. The molecular formula is C12H15NO2. The maximum atomic E-state index is 10.7. The zero-order valence-electron chi connectivity index (χ0n) is 8.81. The molecule has 15 heavy (non-hydrogen) atoms. The molecule has 2 aliphatic rings. The zero-order valence-corrected chi connectivity index (χ0v) is 8.81. The summed E-state index contributed by atoms with van der Waals surface area (Å²) in [5.74, 6) is 0.867. The van der Waals surface area contributed by atoms with Gasteiger partial charge in [0.1, 0.15) is 0 Å². The number of hydrogen-bond acceptors (Lipinski definition) is 2. The zero-order chi connectivity index (χ0) is 11.0. The van der Waals surface area contributed by atoms with Crippen LogP contribution in [0.1, 0.15) is 26.2 Å². The number of nitriles is 1. The Kier molecular flexibility index (Phi) is 2.52. The summed E-state index contributed by atoms with van der Waals surface area (Å²) in [6.07, 6.45) is 4.98. The molecule has 0 aromatic carbocycles. The average molecular weight is 205 g/mol. The molecule has 2 aliphatic carbocycles. The van der Waals surface area contributed by atoms with E-state index in [-0.39, 0.29) is 5.92 Å². The van der Waals surface area contributed by atoms with Gasteiger partial charge in [-0.25, -0.2) is 4.79 Å². The number of allylic oxidation sites excluding steroid dienone is 1. The van der Waals surface area contributed by atoms with E-state index in [0.717, 1.165) is 19.3 Å². The molecule has 2 bridgehead atoms. The number of fused-ring (bicyclic) bond motifs is 2. The molecule has 3 heteroatoms. The highest BCUT2D eigenvalue weighted by Crippen LogP contribution is 2.52. The SMILES string of the molecule is CC(=CC1CC2CC1CC2C#N)C(=O)O. The van der Waals surface area contributed by atoms with Crippen LogP contribution in [0.5, 0.6) is 0 Å². The van der Waals surface area contributed by atoms with E-state index in [9.17, 15) is 4.79 Å². The molecule has 4 unspecified atom stereocenters. The van der Waals surface area contributed by atoms with Crippen LogP contribution < -0.4 is 0 Å². The summed E-state index contributed by atoms with van der Waals surface area (Å²) in [5.41, 5.74) is 0.445. The first kappa shape index (κ1) is 10.2. The minimum absolute atomic E-state index is 0.227. The third-order valence-corrected chi connectivity index (χ3v) is 3.88. The molecule has 4 atom stereocenters. The van der Waals surface area contributed by atoms with Crippen molar-refractivity contribution in [2.75, 3.05) is 0 Å². The Bertz CT molecular complexity index is 353. The quantitative estimate of drug-likeness (QED) is 0.703. The smallest absolute Gasteiger partial charge is 0.330 e. The topological polar surface area (TPSA) is 61.1 Å². The maximum Gasteiger partial charge on any atom is 0.330 e. The molecule has 80 valence electrons. The van der Waals surface area contributed by atoms with Gasteiger partial charge < -0.3 is 5.11 Å². The van der Waals surface area contributed by atoms with Crippen molar-refractivity contribution in [1.29, 1.82) is 5.26 Å². The largest absolute Gasteiger partial charge is 0.478 e. The molecule has 0 heterocycles. The lowest BCUT2D eigenvalue weighted by atomic mass is 9.82. The van der Waals surface area contributed by atoms with Gasteiger partial charge >= 0.3 is 5.97 Å². The molecule has 0 spiro atoms. The lowest BCUT2D eigenvalue weighted by Crippen LogP contribution is -2.16. The first-order valence-electron chi connectivity index (χ1n) is 5.43. The van der Waals surface area contributed by atoms with Gasteiger partial charge in [0.25, 0.3) is 0 Å². The molecule has 1 N–H and O–H groups in total. The lowest BCUT2D eigenvalue weighted by Gasteiger charge is -2.21. The van der Waals surface area contributed by atoms with Crippen LogP contribution in [0.4, 0.5) is 0 Å². The van der Waals surface area contributed by atoms with E-state index >= 15 is 0 Å². The Hall–Kier alpha value is -1.30. The summed E-state index contributed by atoms with van der Waals surface area (Å²) in [4.78, 5) is 10.7. The van der Waals surface area contributed by atoms with Gasteiger partial charge in [-0.15, -0.1) is 0 Å². The number of nitrogens with zero attached hydrogens (tertiary/aromatic N) is 1. The van der Waals surface area contributed by atoms with Crippen LogP contribution in [0.3, 0.4) is 0 Å². The molecule has 2 rings (SSSR count). The maximum absolute atomic E-state index is 10.7. The summed E-state index contributed by atoms with van der Waals surface area (Å²) >= 11 is 0. The standard InChI is InChI=1S/C12H15NO2/c1-7(12(14)15)2-8-3-10-4-9(8)5-11(10)6-13/h2,8-11H,3-5H2,1H3,(H,14,15). The van der Waals surface area contributed by atoms with Crippen molar-refractivity contribution in [3.63, 3.8) is 0 Å². The fraction of sp³-hybridized carbons (Fsp3) is 0.667. The molecule has 0 aromatic heterocycles. The average Bonchev–Trinajstić information content (AvgIpc) is 2.75. The third-order valence-electron chi connectivity index (χ3n) is 3.88. The van der Waals surface area contributed by atoms with E-state index in [1.165, 1.54) is 0 Å². The summed E-state index contributed by atoms with van der Waals surface area (Å²) in [6, 6.07) is 2.35. The summed E-state index contributed by atoms with van der Waals surface area (Å²) in [7, 11) is 0. The minimum Gasteiger partial charge on any atom is -0.478 e. The third kappa shape index (κ3) is 1.77. The van der Waals surface area contributed by atoms with Gasteiger partial charge in [-0.05, 0) is 43.9 Å². The van der Waals surface area contributed by atoms with Gasteiger partial charge in [0.05, 0.1) is 6.07 Å². The van der Waals surface area contributed by atoms with Gasteiger partial charge in [0.2, 0.25) is 0 Å². The Balaban J connectivity index is 2.04. The molecule has 0 radical (unpaired) electrons. The fourth-order valence-electron chi connectivity index (χ4n) is 3.07. The Morgan fingerprint density at radius 3 is 2.60 bits per heavy atom. The molecule has 2 saturated carbocycles. The minimum atomic E-state index is -0.824. The summed E-state index contributed by atoms with van der Waals surface area (Å²) in [6.45, 7) is 1.65. The summed E-state index contributed by atoms with van der Waals surface area (Å²) < 4.78 is 0. The van der Waals surface area contributed by atoms with Crippen molar-refractivity contribution in [1.82, 2.24) is 0 Å². The number of carboxylic acid groups (broad SMARTS) is 1. The Labute approximate surface area is 89.4 Å². The van der Waals surface area contributed by atoms with Crippen LogP contribution >= 0.6 is 0 Å². The molecule has 3 nitrogen and oxygen atoms in total. The predicted octanol–water partition coefficient (Wildman–Crippen LogP) is 2.20. The van der Waals surface area contributed by atoms with Crippen molar-refractivity contribution in [3.05, 3.63) is 11.6 Å². The molecule has 0 aliphatic heterocycles. The van der Waals surface area contributed by atoms with Gasteiger partial charge in [0.15, 0.2) is 0 Å². The molecular weight excluding hydrogens is 190 g/mol. The summed E-state index contributed by atoms with van der Waals surface area (Å²) in [5, 5.41) is 17.7. The van der Waals surface area contributed by atoms with Crippen LogP contribution in [0.2, 0.25) is 0 Å². The predicted molar refractivity (Wildman–Crippen MR) is 54.8 cm³/mol. The lowest BCUT2D eigenvalue weighted by molar-refractivity contribution is -0.132. The second-order valence-corrected chi connectivity index (χ2v) is 4.78. The van der Waals surface area contributed by atoms with Crippen molar-refractivity contribution < 1.29 is 9.90 Å². The van der Waals surface area contributed by atoms with E-state index in [0.29, 0.717) is 23.3 Å². The number of carbonyl (C=O) groups is 1. The molecule has 0 aromatic rings. The highest BCUT2D eigenvalue weighted by Gasteiger charge is 2.45. The first-order valence-corrected chi connectivity index (χ1v) is 5.43. The molecule has 2 fully saturated rings. The Morgan fingerprint density at radius 1 is 1.40 bits per heavy atom. The van der Waals surface area contributed by atoms with Gasteiger partial charge in [-0.1, -0.05) is 6.08 Å². The van der Waals surface area contributed by atoms with Crippen molar-refractivity contribution in [2.24, 2.45) is 23.7 Å². The number of hydrogen-bond donors (Lipinski definition) is 1. The van der Waals surface area contributed by atoms with Crippen LogP contribution in [0.15, 0.2) is 11.6 Å². The van der Waals surface area contributed by atoms with Gasteiger partial charge in [0, 0.05) is 11.5 Å². The number of aliphatic carboxylic acids is 1. The molecule has 0 saturated heterocycles. The van der Waals surface area contributed by atoms with Gasteiger partial charge in [-0.2, -0.15) is 5.26 Å². The highest BCUT2D eigenvalue weighted by atomic mass is 16.4. The first-order chi connectivity index (χ1) is 7.11. The van der Waals surface area contributed by atoms with Gasteiger partial charge in [-0.3, -0.25) is 0 Å². The van der Waals surface area contributed by atoms with E-state index in [1.54, 1.807) is 6.92 Å². The fourth-order valence-corrected chi connectivity index (χ4v) is 3.07.